The molecule has 280 valence electrons. The second-order valence-corrected chi connectivity index (χ2v) is 11.7. The fourth-order valence-electron chi connectivity index (χ4n) is 5.33. The van der Waals surface area contributed by atoms with Gasteiger partial charge >= 0.3 is 5.97 Å². The molecule has 1 aromatic rings. The number of carboxylic acids is 1. The van der Waals surface area contributed by atoms with E-state index < -0.39 is 129 Å². The first-order chi connectivity index (χ1) is 23.1. The highest BCUT2D eigenvalue weighted by molar-refractivity contribution is 5.76. The molecule has 0 bridgehead atoms. The van der Waals surface area contributed by atoms with Crippen LogP contribution in [-0.4, -0.2) is 196 Å². The Kier molecular flexibility index (Phi) is 14.9. The zero-order valence-corrected chi connectivity index (χ0v) is 26.2. The Balaban J connectivity index is 1.79. The molecule has 49 heavy (non-hydrogen) atoms. The Morgan fingerprint density at radius 3 is 2.24 bits per heavy atom. The lowest BCUT2D eigenvalue weighted by Crippen LogP contribution is -2.68. The van der Waals surface area contributed by atoms with Crippen molar-refractivity contribution in [1.29, 1.82) is 0 Å². The zero-order chi connectivity index (χ0) is 36.6. The third kappa shape index (κ3) is 9.96. The summed E-state index contributed by atoms with van der Waals surface area (Å²) in [5.74, 6) is -5.14. The van der Waals surface area contributed by atoms with Gasteiger partial charge in [0, 0.05) is 26.1 Å². The number of nitrogens with one attached hydrogen (secondary N) is 2. The molecule has 15 atom stereocenters. The van der Waals surface area contributed by atoms with E-state index in [0.717, 1.165) is 6.92 Å². The van der Waals surface area contributed by atoms with E-state index in [1.165, 1.54) is 6.20 Å². The SMILES string of the molecule is CC(=O)N[C@H]1[C@H]([C@H](O)[C@H](O)CO)O[C@@](OC[C@H]2O[C@@H](O[C@@H]([C@H](O)[C@@H](O)CNc3ccccn3)[C@H](O)CO)[C@H](O)[C@@H](O)[C@H]2O)(C(=O)O)C[C@@H]1O. The van der Waals surface area contributed by atoms with Crippen LogP contribution in [0, 0.1) is 0 Å². The van der Waals surface area contributed by atoms with Crippen molar-refractivity contribution in [2.24, 2.45) is 0 Å². The predicted molar refractivity (Wildman–Crippen MR) is 158 cm³/mol. The van der Waals surface area contributed by atoms with Crippen molar-refractivity contribution in [3.05, 3.63) is 24.4 Å². The van der Waals surface area contributed by atoms with E-state index in [-0.39, 0.29) is 6.54 Å². The Labute approximate surface area is 278 Å². The monoisotopic (exact) mass is 711 g/mol. The molecule has 0 radical (unpaired) electrons. The van der Waals surface area contributed by atoms with Crippen LogP contribution >= 0.6 is 0 Å². The van der Waals surface area contributed by atoms with Gasteiger partial charge in [-0.3, -0.25) is 4.79 Å². The maximum atomic E-state index is 12.5. The van der Waals surface area contributed by atoms with Crippen molar-refractivity contribution in [2.45, 2.75) is 105 Å². The number of carbonyl (C=O) groups is 2. The normalized spacial score (nSPS) is 34.2. The number of rotatable bonds is 17. The molecule has 0 unspecified atom stereocenters. The van der Waals surface area contributed by atoms with Crippen molar-refractivity contribution in [2.75, 3.05) is 31.7 Å². The van der Waals surface area contributed by atoms with Gasteiger partial charge in [0.1, 0.15) is 66.9 Å². The summed E-state index contributed by atoms with van der Waals surface area (Å²) in [4.78, 5) is 28.2. The number of carbonyl (C=O) groups excluding carboxylic acids is 1. The third-order valence-corrected chi connectivity index (χ3v) is 8.08. The first-order valence-corrected chi connectivity index (χ1v) is 15.2. The van der Waals surface area contributed by atoms with Crippen LogP contribution < -0.4 is 10.6 Å². The van der Waals surface area contributed by atoms with E-state index in [2.05, 4.69) is 15.6 Å². The molecule has 21 nitrogen and oxygen atoms in total. The summed E-state index contributed by atoms with van der Waals surface area (Å²) < 4.78 is 21.9. The van der Waals surface area contributed by atoms with E-state index in [0.29, 0.717) is 5.82 Å². The molecule has 0 aliphatic carbocycles. The molecule has 0 aromatic carbocycles. The maximum absolute atomic E-state index is 12.5. The minimum atomic E-state index is -2.85. The highest BCUT2D eigenvalue weighted by Gasteiger charge is 2.57. The zero-order valence-electron chi connectivity index (χ0n) is 26.2. The number of anilines is 1. The van der Waals surface area contributed by atoms with E-state index in [1.54, 1.807) is 18.2 Å². The average Bonchev–Trinajstić information content (AvgIpc) is 3.08. The highest BCUT2D eigenvalue weighted by atomic mass is 16.7. The molecule has 2 aliphatic rings. The van der Waals surface area contributed by atoms with Gasteiger partial charge in [0.15, 0.2) is 6.29 Å². The molecule has 21 heteroatoms. The summed E-state index contributed by atoms with van der Waals surface area (Å²) in [5.41, 5.74) is 0. The molecule has 1 amide bonds. The first kappa shape index (κ1) is 40.7. The van der Waals surface area contributed by atoms with Crippen molar-refractivity contribution < 1.29 is 89.8 Å². The molecule has 3 heterocycles. The number of aromatic nitrogens is 1. The summed E-state index contributed by atoms with van der Waals surface area (Å²) in [6.45, 7) is -2.31. The number of nitrogens with zero attached hydrogens (tertiary/aromatic N) is 1. The lowest BCUT2D eigenvalue weighted by atomic mass is 9.88. The molecule has 1 aromatic heterocycles. The van der Waals surface area contributed by atoms with Crippen molar-refractivity contribution >= 4 is 17.7 Å². The van der Waals surface area contributed by atoms with Crippen molar-refractivity contribution in [3.8, 4) is 0 Å². The second kappa shape index (κ2) is 18.0. The number of carboxylic acid groups (broad SMARTS) is 1. The van der Waals surface area contributed by atoms with Gasteiger partial charge in [-0.15, -0.1) is 0 Å². The topological polar surface area (TPSA) is 351 Å². The van der Waals surface area contributed by atoms with Crippen LogP contribution in [0.15, 0.2) is 24.4 Å². The third-order valence-electron chi connectivity index (χ3n) is 8.08. The minimum absolute atomic E-state index is 0.324. The van der Waals surface area contributed by atoms with Crippen LogP contribution in [0.4, 0.5) is 5.82 Å². The Morgan fingerprint density at radius 1 is 1.00 bits per heavy atom. The number of pyridine rings is 1. The average molecular weight is 712 g/mol. The second-order valence-electron chi connectivity index (χ2n) is 11.7. The molecule has 2 aliphatic heterocycles. The largest absolute Gasteiger partial charge is 0.477 e. The lowest BCUT2D eigenvalue weighted by Gasteiger charge is -2.47. The summed E-state index contributed by atoms with van der Waals surface area (Å²) in [6.07, 6.45) is -24.5. The minimum Gasteiger partial charge on any atom is -0.477 e. The van der Waals surface area contributed by atoms with E-state index in [1.807, 2.05) is 0 Å². The number of aliphatic hydroxyl groups is 11. The predicted octanol–water partition coefficient (Wildman–Crippen LogP) is -7.07. The summed E-state index contributed by atoms with van der Waals surface area (Å²) in [6, 6.07) is 3.35. The first-order valence-electron chi connectivity index (χ1n) is 15.2. The van der Waals surface area contributed by atoms with Crippen LogP contribution in [-0.2, 0) is 28.5 Å². The maximum Gasteiger partial charge on any atom is 0.364 e. The number of aliphatic carboxylic acids is 1. The highest BCUT2D eigenvalue weighted by Crippen LogP contribution is 2.35. The molecule has 14 N–H and O–H groups in total. The molecule has 0 spiro atoms. The standard InChI is InChI=1S/C28H45N3O18/c1-11(34)31-18-12(35)6-28(27(44)45,49-25(18)20(40)14(37)8-32)46-10-16-21(41)22(42)23(43)26(47-16)48-24(15(38)9-33)19(39)13(36)7-30-17-4-2-3-5-29-17/h2-5,12-16,18-26,32-33,35-43H,6-10H2,1H3,(H,29,30)(H,31,34)(H,44,45)/t12-,13-,14+,15+,16+,18+,19+,20+,21-,22-,23+,24+,25+,26-,28+/m0/s1. The van der Waals surface area contributed by atoms with Crippen LogP contribution in [0.25, 0.3) is 0 Å². The lowest BCUT2D eigenvalue weighted by molar-refractivity contribution is -0.349. The van der Waals surface area contributed by atoms with Crippen LogP contribution in [0.2, 0.25) is 0 Å². The van der Waals surface area contributed by atoms with Gasteiger partial charge in [-0.1, -0.05) is 6.07 Å². The molecule has 0 saturated carbocycles. The van der Waals surface area contributed by atoms with Crippen LogP contribution in [0.1, 0.15) is 13.3 Å². The molecule has 2 saturated heterocycles. The van der Waals surface area contributed by atoms with Crippen molar-refractivity contribution in [3.63, 3.8) is 0 Å². The van der Waals surface area contributed by atoms with Gasteiger partial charge in [-0.05, 0) is 12.1 Å². The Hall–Kier alpha value is -2.71. The molecular formula is C28H45N3O18. The number of aliphatic hydroxyl groups excluding tert-OH is 11. The van der Waals surface area contributed by atoms with Crippen molar-refractivity contribution in [1.82, 2.24) is 10.3 Å². The van der Waals surface area contributed by atoms with Gasteiger partial charge < -0.3 is 90.9 Å². The number of ether oxygens (including phenoxy) is 4. The van der Waals surface area contributed by atoms with Gasteiger partial charge in [-0.25, -0.2) is 9.78 Å². The molecule has 3 rings (SSSR count). The van der Waals surface area contributed by atoms with Gasteiger partial charge in [-0.2, -0.15) is 0 Å². The summed E-state index contributed by atoms with van der Waals surface area (Å²) in [5, 5.41) is 129. The number of amides is 1. The fourth-order valence-corrected chi connectivity index (χ4v) is 5.33. The molecule has 2 fully saturated rings. The van der Waals surface area contributed by atoms with E-state index in [9.17, 15) is 70.9 Å². The number of hydrogen-bond donors (Lipinski definition) is 14. The summed E-state index contributed by atoms with van der Waals surface area (Å²) >= 11 is 0. The van der Waals surface area contributed by atoms with Gasteiger partial charge in [0.05, 0.1) is 38.1 Å². The smallest absolute Gasteiger partial charge is 0.364 e. The Bertz CT molecular complexity index is 1190. The van der Waals surface area contributed by atoms with E-state index in [4.69, 9.17) is 18.9 Å². The van der Waals surface area contributed by atoms with Crippen LogP contribution in [0.5, 0.6) is 0 Å². The number of hydrogen-bond acceptors (Lipinski definition) is 19. The van der Waals surface area contributed by atoms with Crippen LogP contribution in [0.3, 0.4) is 0 Å². The molecular weight excluding hydrogens is 666 g/mol. The fraction of sp³-hybridized carbons (Fsp3) is 0.750. The van der Waals surface area contributed by atoms with E-state index >= 15 is 0 Å². The van der Waals surface area contributed by atoms with Gasteiger partial charge in [0.2, 0.25) is 5.91 Å². The Morgan fingerprint density at radius 2 is 1.67 bits per heavy atom. The quantitative estimate of drug-likeness (QED) is 0.0713. The summed E-state index contributed by atoms with van der Waals surface area (Å²) in [7, 11) is 0. The van der Waals surface area contributed by atoms with Gasteiger partial charge in [0.25, 0.3) is 5.79 Å².